The van der Waals surface area contributed by atoms with Gasteiger partial charge in [-0.1, -0.05) is 6.92 Å². The minimum absolute atomic E-state index is 0.0733. The molecule has 10 nitrogen and oxygen atoms in total. The Bertz CT molecular complexity index is 1680. The maximum Gasteiger partial charge on any atom is 0.409 e. The quantitative estimate of drug-likeness (QED) is 0.301. The molecular formula is C31H34F2N8O2. The average Bonchev–Trinajstić information content (AvgIpc) is 3.37. The van der Waals surface area contributed by atoms with Gasteiger partial charge in [0, 0.05) is 19.3 Å². The number of halogens is 2. The van der Waals surface area contributed by atoms with Gasteiger partial charge in [0.25, 0.3) is 0 Å². The number of carbonyl (C=O) groups excluding carboxylic acids is 1. The summed E-state index contributed by atoms with van der Waals surface area (Å²) in [7, 11) is 3.06. The van der Waals surface area contributed by atoms with Crippen LogP contribution in [0.15, 0.2) is 48.9 Å². The summed E-state index contributed by atoms with van der Waals surface area (Å²) in [6.07, 6.45) is 6.00. The van der Waals surface area contributed by atoms with Gasteiger partial charge in [-0.2, -0.15) is 14.9 Å². The topological polar surface area (TPSA) is 134 Å². The van der Waals surface area contributed by atoms with E-state index in [9.17, 15) is 10.1 Å². The predicted octanol–water partition coefficient (Wildman–Crippen LogP) is 5.52. The first kappa shape index (κ1) is 29.8. The maximum absolute atomic E-state index is 15.2. The summed E-state index contributed by atoms with van der Waals surface area (Å²) in [5.41, 5.74) is 7.86. The monoisotopic (exact) mass is 588 g/mol. The third-order valence-electron chi connectivity index (χ3n) is 8.37. The Kier molecular flexibility index (Phi) is 8.03. The molecule has 0 aliphatic heterocycles. The van der Waals surface area contributed by atoms with E-state index in [0.29, 0.717) is 23.6 Å². The molecular weight excluding hydrogens is 554 g/mol. The van der Waals surface area contributed by atoms with Crippen molar-refractivity contribution in [2.45, 2.75) is 57.0 Å². The van der Waals surface area contributed by atoms with Crippen molar-refractivity contribution in [1.82, 2.24) is 24.5 Å². The number of hydrogen-bond donors (Lipinski definition) is 2. The van der Waals surface area contributed by atoms with Gasteiger partial charge in [0.2, 0.25) is 5.95 Å². The van der Waals surface area contributed by atoms with Crippen LogP contribution in [0.4, 0.5) is 25.2 Å². The summed E-state index contributed by atoms with van der Waals surface area (Å²) in [6.45, 7) is 5.27. The van der Waals surface area contributed by atoms with Crippen LogP contribution in [0.25, 0.3) is 16.8 Å². The van der Waals surface area contributed by atoms with Crippen molar-refractivity contribution < 1.29 is 18.3 Å². The highest BCUT2D eigenvalue weighted by atomic mass is 19.1. The molecule has 12 heteroatoms. The van der Waals surface area contributed by atoms with Crippen LogP contribution in [0.3, 0.4) is 0 Å². The van der Waals surface area contributed by atoms with Crippen LogP contribution in [-0.4, -0.2) is 56.8 Å². The first-order valence-electron chi connectivity index (χ1n) is 14.0. The summed E-state index contributed by atoms with van der Waals surface area (Å²) in [5, 5.41) is 17.2. The fourth-order valence-corrected chi connectivity index (χ4v) is 6.09. The average molecular weight is 589 g/mol. The molecule has 5 rings (SSSR count). The summed E-state index contributed by atoms with van der Waals surface area (Å²) in [5.74, 6) is -1.11. The van der Waals surface area contributed by atoms with E-state index in [1.165, 1.54) is 29.8 Å². The second kappa shape index (κ2) is 11.6. The van der Waals surface area contributed by atoms with Crippen molar-refractivity contribution in [3.63, 3.8) is 0 Å². The van der Waals surface area contributed by atoms with Crippen molar-refractivity contribution >= 4 is 23.2 Å². The fraction of sp³-hybridized carbons (Fsp3) is 0.387. The third kappa shape index (κ3) is 5.60. The minimum Gasteiger partial charge on any atom is -0.453 e. The Morgan fingerprint density at radius 1 is 1.21 bits per heavy atom. The van der Waals surface area contributed by atoms with Gasteiger partial charge < -0.3 is 20.7 Å². The molecule has 0 spiro atoms. The second-order valence-electron chi connectivity index (χ2n) is 11.7. The van der Waals surface area contributed by atoms with E-state index in [2.05, 4.69) is 33.4 Å². The van der Waals surface area contributed by atoms with Crippen molar-refractivity contribution in [2.75, 3.05) is 19.5 Å². The fourth-order valence-electron chi connectivity index (χ4n) is 6.09. The lowest BCUT2D eigenvalue weighted by atomic mass is 9.73. The van der Waals surface area contributed by atoms with Crippen molar-refractivity contribution in [3.8, 4) is 17.3 Å². The van der Waals surface area contributed by atoms with E-state index in [1.807, 2.05) is 6.07 Å². The number of aromatic nitrogens is 4. The number of likely N-dealkylation sites (N-methyl/N-ethyl adjacent to an activating group) is 1. The molecule has 1 amide bonds. The van der Waals surface area contributed by atoms with Crippen LogP contribution in [0.5, 0.6) is 0 Å². The number of hydrogen-bond acceptors (Lipinski definition) is 8. The van der Waals surface area contributed by atoms with E-state index >= 15 is 8.78 Å². The highest BCUT2D eigenvalue weighted by molar-refractivity contribution is 5.68. The van der Waals surface area contributed by atoms with Crippen LogP contribution in [0.1, 0.15) is 50.7 Å². The summed E-state index contributed by atoms with van der Waals surface area (Å²) >= 11 is 0. The molecule has 1 aromatic carbocycles. The Labute approximate surface area is 248 Å². The molecule has 0 saturated heterocycles. The SMILES string of the molecule is COC(=O)N(C)C1C(C)CC(c2ccncc2Nc2ncc3ccc(-c4c(F)cc(C(C)(C)C#N)cc4F)nn23)CC1N. The molecule has 224 valence electrons. The Balaban J connectivity index is 1.45. The minimum atomic E-state index is -1.06. The van der Waals surface area contributed by atoms with E-state index in [4.69, 9.17) is 10.5 Å². The lowest BCUT2D eigenvalue weighted by Crippen LogP contribution is -2.55. The van der Waals surface area contributed by atoms with Gasteiger partial charge in [-0.05, 0) is 80.0 Å². The summed E-state index contributed by atoms with van der Waals surface area (Å²) < 4.78 is 36.8. The van der Waals surface area contributed by atoms with Gasteiger partial charge in [-0.3, -0.25) is 4.98 Å². The van der Waals surface area contributed by atoms with Gasteiger partial charge in [-0.15, -0.1) is 0 Å². The molecule has 1 aliphatic rings. The molecule has 1 aliphatic carbocycles. The van der Waals surface area contributed by atoms with Crippen LogP contribution in [0.2, 0.25) is 0 Å². The van der Waals surface area contributed by atoms with E-state index < -0.39 is 23.1 Å². The number of methoxy groups -OCH3 is 1. The molecule has 3 N–H and O–H groups in total. The normalized spacial score (nSPS) is 20.4. The third-order valence-corrected chi connectivity index (χ3v) is 8.37. The number of fused-ring (bicyclic) bond motifs is 1. The largest absolute Gasteiger partial charge is 0.453 e. The molecule has 3 heterocycles. The highest BCUT2D eigenvalue weighted by Gasteiger charge is 2.39. The van der Waals surface area contributed by atoms with Crippen molar-refractivity contribution in [3.05, 3.63) is 71.7 Å². The lowest BCUT2D eigenvalue weighted by molar-refractivity contribution is 0.0778. The Hall–Kier alpha value is -4.63. The zero-order valence-electron chi connectivity index (χ0n) is 24.7. The molecule has 4 unspecified atom stereocenters. The number of nitrogens with one attached hydrogen (secondary N) is 1. The van der Waals surface area contributed by atoms with E-state index in [-0.39, 0.29) is 40.7 Å². The van der Waals surface area contributed by atoms with Gasteiger partial charge >= 0.3 is 6.09 Å². The van der Waals surface area contributed by atoms with Crippen LogP contribution in [-0.2, 0) is 10.2 Å². The number of nitrogens with two attached hydrogens (primary N) is 1. The molecule has 0 bridgehead atoms. The van der Waals surface area contributed by atoms with Crippen molar-refractivity contribution in [2.24, 2.45) is 11.7 Å². The molecule has 3 aromatic heterocycles. The van der Waals surface area contributed by atoms with Crippen LogP contribution < -0.4 is 11.1 Å². The second-order valence-corrected chi connectivity index (χ2v) is 11.7. The molecule has 1 saturated carbocycles. The number of benzene rings is 1. The summed E-state index contributed by atoms with van der Waals surface area (Å²) in [4.78, 5) is 22.5. The number of anilines is 2. The number of pyridine rings is 1. The molecule has 43 heavy (non-hydrogen) atoms. The van der Waals surface area contributed by atoms with Crippen molar-refractivity contribution in [1.29, 1.82) is 5.26 Å². The zero-order chi connectivity index (χ0) is 31.1. The lowest BCUT2D eigenvalue weighted by Gasteiger charge is -2.43. The number of imidazole rings is 1. The zero-order valence-corrected chi connectivity index (χ0v) is 24.7. The molecule has 4 aromatic rings. The first-order valence-corrected chi connectivity index (χ1v) is 14.0. The molecule has 1 fully saturated rings. The van der Waals surface area contributed by atoms with Crippen LogP contribution in [0, 0.1) is 28.9 Å². The Morgan fingerprint density at radius 2 is 1.93 bits per heavy atom. The summed E-state index contributed by atoms with van der Waals surface area (Å²) in [6, 6.07) is 9.11. The van der Waals surface area contributed by atoms with Gasteiger partial charge in [-0.25, -0.2) is 18.6 Å². The Morgan fingerprint density at radius 3 is 2.58 bits per heavy atom. The van der Waals surface area contributed by atoms with Gasteiger partial charge in [0.15, 0.2) is 0 Å². The number of rotatable bonds is 6. The van der Waals surface area contributed by atoms with E-state index in [1.54, 1.807) is 50.5 Å². The first-order chi connectivity index (χ1) is 20.4. The molecule has 0 radical (unpaired) electrons. The number of carbonyl (C=O) groups is 1. The number of ether oxygens (including phenoxy) is 1. The van der Waals surface area contributed by atoms with Gasteiger partial charge in [0.05, 0.1) is 59.5 Å². The maximum atomic E-state index is 15.2. The number of amides is 1. The predicted molar refractivity (Wildman–Crippen MR) is 158 cm³/mol. The van der Waals surface area contributed by atoms with E-state index in [0.717, 1.165) is 12.0 Å². The molecule has 4 atom stereocenters. The standard InChI is InChI=1S/C31H34F2N8O2/c1-17-10-18(11-24(35)28(17)40(4)30(42)43-5)21-8-9-36-15-26(21)38-29-37-14-20-6-7-25(39-41(20)29)27-22(32)12-19(13-23(27)33)31(2,3)16-34/h6-9,12-15,17-18,24,28H,10-11,35H2,1-5H3,(H,37,38). The number of nitrogens with zero attached hydrogens (tertiary/aromatic N) is 6. The van der Waals surface area contributed by atoms with Gasteiger partial charge in [0.1, 0.15) is 11.6 Å². The number of nitriles is 1. The van der Waals surface area contributed by atoms with Crippen LogP contribution >= 0.6 is 0 Å². The smallest absolute Gasteiger partial charge is 0.409 e. The highest BCUT2D eigenvalue weighted by Crippen LogP contribution is 2.40.